The molecule has 2 heterocycles. The Hall–Kier alpha value is -1.49. The van der Waals surface area contributed by atoms with Gasteiger partial charge in [0.05, 0.1) is 5.52 Å². The second-order valence-corrected chi connectivity index (χ2v) is 3.07. The number of carboxylic acids is 1. The lowest BCUT2D eigenvalue weighted by molar-refractivity contribution is 0.0704. The average Bonchev–Trinajstić information content (AvgIpc) is 2.47. The van der Waals surface area contributed by atoms with E-state index in [4.69, 9.17) is 5.11 Å². The number of carboxylic acid groups (broad SMARTS) is 1. The number of aromatic carboxylic acids is 1. The van der Waals surface area contributed by atoms with Crippen LogP contribution in [0.3, 0.4) is 0 Å². The minimum atomic E-state index is -0.926. The SMILES string of the molecule is O=C(O)c1scc2ncncc12. The molecule has 0 unspecified atom stereocenters. The van der Waals surface area contributed by atoms with Crippen molar-refractivity contribution in [2.45, 2.75) is 0 Å². The maximum atomic E-state index is 10.6. The first-order valence-corrected chi connectivity index (χ1v) is 4.07. The molecule has 0 saturated carbocycles. The fraction of sp³-hybridized carbons (Fsp3) is 0. The molecule has 0 atom stereocenters. The van der Waals surface area contributed by atoms with Crippen LogP contribution >= 0.6 is 11.3 Å². The molecule has 0 bridgehead atoms. The molecule has 2 rings (SSSR count). The molecular formula is C7H4N2O2S. The van der Waals surface area contributed by atoms with Gasteiger partial charge in [0.25, 0.3) is 0 Å². The van der Waals surface area contributed by atoms with Gasteiger partial charge in [-0.25, -0.2) is 14.8 Å². The lowest BCUT2D eigenvalue weighted by Gasteiger charge is -1.88. The van der Waals surface area contributed by atoms with E-state index in [-0.39, 0.29) is 0 Å². The number of hydrogen-bond acceptors (Lipinski definition) is 4. The average molecular weight is 180 g/mol. The number of rotatable bonds is 1. The Morgan fingerprint density at radius 3 is 3.17 bits per heavy atom. The van der Waals surface area contributed by atoms with Gasteiger partial charge in [-0.1, -0.05) is 0 Å². The molecule has 0 saturated heterocycles. The van der Waals surface area contributed by atoms with E-state index in [1.165, 1.54) is 23.9 Å². The highest BCUT2D eigenvalue weighted by Crippen LogP contribution is 2.22. The number of fused-ring (bicyclic) bond motifs is 1. The third-order valence-electron chi connectivity index (χ3n) is 1.47. The largest absolute Gasteiger partial charge is 0.477 e. The first-order chi connectivity index (χ1) is 5.79. The molecule has 4 nitrogen and oxygen atoms in total. The van der Waals surface area contributed by atoms with Crippen molar-refractivity contribution >= 4 is 28.2 Å². The predicted octanol–water partition coefficient (Wildman–Crippen LogP) is 1.39. The first-order valence-electron chi connectivity index (χ1n) is 3.19. The fourth-order valence-electron chi connectivity index (χ4n) is 0.952. The Balaban J connectivity index is 2.79. The van der Waals surface area contributed by atoms with Crippen LogP contribution in [0.5, 0.6) is 0 Å². The van der Waals surface area contributed by atoms with E-state index in [2.05, 4.69) is 9.97 Å². The molecule has 12 heavy (non-hydrogen) atoms. The summed E-state index contributed by atoms with van der Waals surface area (Å²) in [6.45, 7) is 0. The van der Waals surface area contributed by atoms with Crippen LogP contribution in [-0.4, -0.2) is 21.0 Å². The molecule has 0 spiro atoms. The fourth-order valence-corrected chi connectivity index (χ4v) is 1.75. The minimum absolute atomic E-state index is 0.297. The van der Waals surface area contributed by atoms with Gasteiger partial charge >= 0.3 is 5.97 Å². The zero-order valence-corrected chi connectivity index (χ0v) is 6.71. The molecule has 2 aromatic heterocycles. The maximum Gasteiger partial charge on any atom is 0.346 e. The van der Waals surface area contributed by atoms with Gasteiger partial charge in [0.2, 0.25) is 0 Å². The van der Waals surface area contributed by atoms with Crippen molar-refractivity contribution in [3.63, 3.8) is 0 Å². The molecule has 0 radical (unpaired) electrons. The Labute approximate surface area is 71.5 Å². The van der Waals surface area contributed by atoms with Crippen LogP contribution < -0.4 is 0 Å². The number of thiophene rings is 1. The Morgan fingerprint density at radius 2 is 2.42 bits per heavy atom. The molecule has 0 amide bonds. The van der Waals surface area contributed by atoms with Crippen molar-refractivity contribution in [2.24, 2.45) is 0 Å². The smallest absolute Gasteiger partial charge is 0.346 e. The second-order valence-electron chi connectivity index (χ2n) is 2.19. The number of aromatic nitrogens is 2. The van der Waals surface area contributed by atoms with Crippen molar-refractivity contribution in [2.75, 3.05) is 0 Å². The third-order valence-corrected chi connectivity index (χ3v) is 2.44. The summed E-state index contributed by atoms with van der Waals surface area (Å²) in [5.41, 5.74) is 0.687. The monoisotopic (exact) mass is 180 g/mol. The summed E-state index contributed by atoms with van der Waals surface area (Å²) in [4.78, 5) is 18.6. The Kier molecular flexibility index (Phi) is 1.51. The van der Waals surface area contributed by atoms with Crippen molar-refractivity contribution < 1.29 is 9.90 Å². The number of carbonyl (C=O) groups is 1. The summed E-state index contributed by atoms with van der Waals surface area (Å²) in [6, 6.07) is 0. The van der Waals surface area contributed by atoms with E-state index in [0.29, 0.717) is 15.8 Å². The van der Waals surface area contributed by atoms with E-state index in [9.17, 15) is 4.79 Å². The number of nitrogens with zero attached hydrogens (tertiary/aromatic N) is 2. The topological polar surface area (TPSA) is 63.1 Å². The van der Waals surface area contributed by atoms with E-state index >= 15 is 0 Å². The van der Waals surface area contributed by atoms with Crippen molar-refractivity contribution in [1.82, 2.24) is 9.97 Å². The molecule has 0 aliphatic heterocycles. The van der Waals surface area contributed by atoms with Crippen LogP contribution in [0.2, 0.25) is 0 Å². The first kappa shape index (κ1) is 7.17. The molecule has 0 fully saturated rings. The summed E-state index contributed by atoms with van der Waals surface area (Å²) < 4.78 is 0. The highest BCUT2D eigenvalue weighted by Gasteiger charge is 2.10. The quantitative estimate of drug-likeness (QED) is 0.720. The number of hydrogen-bond donors (Lipinski definition) is 1. The van der Waals surface area contributed by atoms with Gasteiger partial charge in [-0.3, -0.25) is 0 Å². The van der Waals surface area contributed by atoms with Gasteiger partial charge in [-0.15, -0.1) is 11.3 Å². The van der Waals surface area contributed by atoms with Gasteiger partial charge in [0, 0.05) is 17.0 Å². The molecule has 5 heteroatoms. The molecule has 2 aromatic rings. The van der Waals surface area contributed by atoms with Crippen LogP contribution in [0.25, 0.3) is 10.9 Å². The van der Waals surface area contributed by atoms with E-state index < -0.39 is 5.97 Å². The van der Waals surface area contributed by atoms with Gasteiger partial charge in [-0.05, 0) is 0 Å². The van der Waals surface area contributed by atoms with Crippen LogP contribution in [0.4, 0.5) is 0 Å². The van der Waals surface area contributed by atoms with Gasteiger partial charge < -0.3 is 5.11 Å². The molecule has 1 N–H and O–H groups in total. The zero-order chi connectivity index (χ0) is 8.55. The molecule has 0 aliphatic rings. The van der Waals surface area contributed by atoms with Crippen molar-refractivity contribution in [1.29, 1.82) is 0 Å². The standard InChI is InChI=1S/C7H4N2O2S/c10-7(11)6-4-1-8-3-9-5(4)2-12-6/h1-3H,(H,10,11). The van der Waals surface area contributed by atoms with Crippen molar-refractivity contribution in [3.8, 4) is 0 Å². The summed E-state index contributed by atoms with van der Waals surface area (Å²) in [5.74, 6) is -0.926. The Bertz CT molecular complexity index is 438. The summed E-state index contributed by atoms with van der Waals surface area (Å²) in [7, 11) is 0. The zero-order valence-electron chi connectivity index (χ0n) is 5.89. The van der Waals surface area contributed by atoms with Gasteiger partial charge in [-0.2, -0.15) is 0 Å². The van der Waals surface area contributed by atoms with Gasteiger partial charge in [0.15, 0.2) is 0 Å². The lowest BCUT2D eigenvalue weighted by Crippen LogP contribution is -1.92. The highest BCUT2D eigenvalue weighted by atomic mass is 32.1. The third kappa shape index (κ3) is 0.947. The maximum absolute atomic E-state index is 10.6. The lowest BCUT2D eigenvalue weighted by atomic mass is 10.3. The van der Waals surface area contributed by atoms with E-state index in [0.717, 1.165) is 0 Å². The van der Waals surface area contributed by atoms with E-state index in [1.807, 2.05) is 0 Å². The summed E-state index contributed by atoms with van der Waals surface area (Å²) >= 11 is 1.17. The van der Waals surface area contributed by atoms with E-state index in [1.54, 1.807) is 5.38 Å². The highest BCUT2D eigenvalue weighted by molar-refractivity contribution is 7.13. The molecule has 0 aliphatic carbocycles. The van der Waals surface area contributed by atoms with Crippen LogP contribution in [0.1, 0.15) is 9.67 Å². The Morgan fingerprint density at radius 1 is 1.58 bits per heavy atom. The van der Waals surface area contributed by atoms with Crippen LogP contribution in [-0.2, 0) is 0 Å². The second kappa shape index (κ2) is 2.53. The summed E-state index contributed by atoms with van der Waals surface area (Å²) in [6.07, 6.45) is 2.92. The molecule has 0 aromatic carbocycles. The normalized spacial score (nSPS) is 10.3. The van der Waals surface area contributed by atoms with Gasteiger partial charge in [0.1, 0.15) is 11.2 Å². The van der Waals surface area contributed by atoms with Crippen LogP contribution in [0.15, 0.2) is 17.9 Å². The predicted molar refractivity (Wildman–Crippen MR) is 44.4 cm³/mol. The summed E-state index contributed by atoms with van der Waals surface area (Å²) in [5, 5.41) is 11.0. The molecule has 60 valence electrons. The minimum Gasteiger partial charge on any atom is -0.477 e. The molecular weight excluding hydrogens is 176 g/mol. The van der Waals surface area contributed by atoms with Crippen LogP contribution in [0, 0.1) is 0 Å². The van der Waals surface area contributed by atoms with Crippen molar-refractivity contribution in [3.05, 3.63) is 22.8 Å².